The molecule has 2 aliphatic heterocycles. The lowest BCUT2D eigenvalue weighted by Crippen LogP contribution is -2.63. The second-order valence-corrected chi connectivity index (χ2v) is 19.0. The first-order valence-corrected chi connectivity index (χ1v) is 27.6. The highest BCUT2D eigenvalue weighted by atomic mass is 16.7. The first-order valence-electron chi connectivity index (χ1n) is 27.6. The van der Waals surface area contributed by atoms with Crippen LogP contribution in [0.15, 0.2) is 48.5 Å². The standard InChI is InChI=1S/C56H76N4O28/c1-32(61)79-30-43-46(69)48(83-35(4)64)50(85-37(6)66)54(87-43)77-23-21-75-19-17-73-15-13-57-52(70)40-25-41(27-42(26-40)60-45(68)28-59-56(72)81-29-39-11-9-8-10-12-39)53(71)58-14-16-74-18-20-76-22-24-78-55-51(86-38(7)67)49(84-36(5)65)47(82-34(3)63)44(88-55)31-80-33(2)62/h8-12,25-27,43-44,46-51,54-55,69H,13-24,28-31H2,1-7H3,(H,57,70)(H,58,71)(H,59,72)(H,60,68)/t43-,44-,46-,47-,48+,49+,50+,51+,54+,55+/m1/s1. The van der Waals surface area contributed by atoms with Crippen molar-refractivity contribution in [3.63, 3.8) is 0 Å². The average molecular weight is 1250 g/mol. The van der Waals surface area contributed by atoms with Gasteiger partial charge in [-0.25, -0.2) is 4.79 Å². The summed E-state index contributed by atoms with van der Waals surface area (Å²) in [6.45, 7) is 6.18. The number of rotatable bonds is 36. The minimum absolute atomic E-state index is 0.00420. The summed E-state index contributed by atoms with van der Waals surface area (Å²) < 4.78 is 87.3. The molecule has 0 spiro atoms. The zero-order valence-corrected chi connectivity index (χ0v) is 49.7. The summed E-state index contributed by atoms with van der Waals surface area (Å²) in [7, 11) is 0. The summed E-state index contributed by atoms with van der Waals surface area (Å²) in [5, 5.41) is 21.1. The Morgan fingerprint density at radius 2 is 0.875 bits per heavy atom. The minimum atomic E-state index is -1.55. The van der Waals surface area contributed by atoms with E-state index in [1.54, 1.807) is 30.3 Å². The van der Waals surface area contributed by atoms with Gasteiger partial charge in [0.2, 0.25) is 5.91 Å². The summed E-state index contributed by atoms with van der Waals surface area (Å²) in [4.78, 5) is 135. The summed E-state index contributed by atoms with van der Waals surface area (Å²) in [5.41, 5.74) is 0.695. The molecule has 0 saturated carbocycles. The van der Waals surface area contributed by atoms with Crippen molar-refractivity contribution >= 4 is 71.3 Å². The SMILES string of the molecule is CC(=O)OC[C@H]1O[C@H](OCCOCCOCCNC(=O)c2cc(NC(=O)CNC(=O)OCc3ccccc3)cc(C(=O)NCCOCCOCCO[C@H]3O[C@H](COC(C)=O)[C@@H](OC(C)=O)[C@H](OC(C)=O)[C@@H]3OC(C)=O)c2)[C@@H](OC(C)=O)[C@@H](OC(C)=O)[C@@H]1O. The molecular weight excluding hydrogens is 1180 g/mol. The molecule has 32 nitrogen and oxygen atoms in total. The summed E-state index contributed by atoms with van der Waals surface area (Å²) in [5.74, 6) is -7.31. The molecule has 2 aliphatic rings. The number of carbonyl (C=O) groups is 11. The lowest BCUT2D eigenvalue weighted by Gasteiger charge is -2.44. The third-order valence-corrected chi connectivity index (χ3v) is 11.8. The van der Waals surface area contributed by atoms with Crippen LogP contribution < -0.4 is 21.3 Å². The zero-order valence-electron chi connectivity index (χ0n) is 49.7. The van der Waals surface area contributed by atoms with Crippen molar-refractivity contribution in [1.29, 1.82) is 0 Å². The van der Waals surface area contributed by atoms with Crippen molar-refractivity contribution in [3.8, 4) is 0 Å². The summed E-state index contributed by atoms with van der Waals surface area (Å²) >= 11 is 0. The molecule has 10 atom stereocenters. The third kappa shape index (κ3) is 27.4. The molecule has 88 heavy (non-hydrogen) atoms. The lowest BCUT2D eigenvalue weighted by molar-refractivity contribution is -0.309. The fourth-order valence-electron chi connectivity index (χ4n) is 8.19. The van der Waals surface area contributed by atoms with Gasteiger partial charge in [-0.05, 0) is 23.8 Å². The van der Waals surface area contributed by atoms with Gasteiger partial charge in [-0.3, -0.25) is 47.9 Å². The number of anilines is 1. The van der Waals surface area contributed by atoms with Crippen LogP contribution in [0.5, 0.6) is 0 Å². The summed E-state index contributed by atoms with van der Waals surface area (Å²) in [6.07, 6.45) is -14.6. The predicted molar refractivity (Wildman–Crippen MR) is 294 cm³/mol. The highest BCUT2D eigenvalue weighted by Crippen LogP contribution is 2.31. The molecule has 2 saturated heterocycles. The number of aliphatic hydroxyl groups is 1. The van der Waals surface area contributed by atoms with Crippen LogP contribution in [0.25, 0.3) is 0 Å². The minimum Gasteiger partial charge on any atom is -0.463 e. The largest absolute Gasteiger partial charge is 0.463 e. The van der Waals surface area contributed by atoms with Crippen LogP contribution in [-0.4, -0.2) is 231 Å². The number of hydrogen-bond donors (Lipinski definition) is 5. The molecule has 2 heterocycles. The molecule has 2 aromatic carbocycles. The van der Waals surface area contributed by atoms with E-state index in [1.807, 2.05) is 0 Å². The maximum absolute atomic E-state index is 13.4. The smallest absolute Gasteiger partial charge is 0.407 e. The van der Waals surface area contributed by atoms with Gasteiger partial charge in [0.05, 0.1) is 66.1 Å². The number of esters is 7. The average Bonchev–Trinajstić information content (AvgIpc) is 3.47. The highest BCUT2D eigenvalue weighted by molar-refractivity contribution is 6.03. The maximum Gasteiger partial charge on any atom is 0.407 e. The van der Waals surface area contributed by atoms with Gasteiger partial charge in [-0.1, -0.05) is 30.3 Å². The van der Waals surface area contributed by atoms with Crippen LogP contribution in [-0.2, 0) is 121 Å². The molecule has 0 bridgehead atoms. The van der Waals surface area contributed by atoms with Crippen LogP contribution in [0.1, 0.15) is 74.7 Å². The number of carbonyl (C=O) groups excluding carboxylic acids is 11. The van der Waals surface area contributed by atoms with E-state index in [9.17, 15) is 57.8 Å². The lowest BCUT2D eigenvalue weighted by atomic mass is 9.98. The number of alkyl carbamates (subject to hydrolysis) is 1. The second-order valence-electron chi connectivity index (χ2n) is 19.0. The Hall–Kier alpha value is -7.95. The van der Waals surface area contributed by atoms with Crippen molar-refractivity contribution in [3.05, 3.63) is 65.2 Å². The number of hydrogen-bond acceptors (Lipinski definition) is 28. The van der Waals surface area contributed by atoms with Crippen molar-refractivity contribution in [2.75, 3.05) is 104 Å². The highest BCUT2D eigenvalue weighted by Gasteiger charge is 2.53. The molecule has 0 aliphatic carbocycles. The van der Waals surface area contributed by atoms with Gasteiger partial charge >= 0.3 is 47.9 Å². The second kappa shape index (κ2) is 39.0. The fraction of sp³-hybridized carbons (Fsp3) is 0.589. The zero-order chi connectivity index (χ0) is 64.5. The summed E-state index contributed by atoms with van der Waals surface area (Å²) in [6, 6.07) is 12.8. The molecule has 32 heteroatoms. The Balaban J connectivity index is 1.25. The Bertz CT molecular complexity index is 2630. The van der Waals surface area contributed by atoms with Gasteiger partial charge in [0.25, 0.3) is 11.8 Å². The molecule has 0 aromatic heterocycles. The first kappa shape index (κ1) is 72.5. The van der Waals surface area contributed by atoms with Gasteiger partial charge in [-0.2, -0.15) is 0 Å². The molecular formula is C56H76N4O28. The Kier molecular flexibility index (Phi) is 32.2. The van der Waals surface area contributed by atoms with E-state index in [-0.39, 0.29) is 103 Å². The van der Waals surface area contributed by atoms with Crippen molar-refractivity contribution in [2.45, 2.75) is 116 Å². The maximum atomic E-state index is 13.4. The Morgan fingerprint density at radius 3 is 1.36 bits per heavy atom. The quantitative estimate of drug-likeness (QED) is 0.0332. The fourth-order valence-corrected chi connectivity index (χ4v) is 8.19. The number of nitrogens with one attached hydrogen (secondary N) is 4. The molecule has 0 radical (unpaired) electrons. The third-order valence-electron chi connectivity index (χ3n) is 11.8. The molecule has 488 valence electrons. The topological polar surface area (TPSA) is 404 Å². The number of aliphatic hydroxyl groups excluding tert-OH is 1. The molecule has 2 fully saturated rings. The van der Waals surface area contributed by atoms with Gasteiger partial charge in [0, 0.05) is 78.4 Å². The van der Waals surface area contributed by atoms with E-state index in [0.29, 0.717) is 0 Å². The van der Waals surface area contributed by atoms with Gasteiger partial charge < -0.3 is 102 Å². The van der Waals surface area contributed by atoms with Crippen molar-refractivity contribution in [1.82, 2.24) is 16.0 Å². The van der Waals surface area contributed by atoms with Crippen molar-refractivity contribution < 1.29 is 134 Å². The first-order chi connectivity index (χ1) is 42.0. The van der Waals surface area contributed by atoms with Gasteiger partial charge in [-0.15, -0.1) is 0 Å². The molecule has 4 rings (SSSR count). The van der Waals surface area contributed by atoms with E-state index in [1.165, 1.54) is 18.2 Å². The molecule has 0 unspecified atom stereocenters. The molecule has 4 amide bonds. The van der Waals surface area contributed by atoms with Crippen LogP contribution in [0.4, 0.5) is 10.5 Å². The Morgan fingerprint density at radius 1 is 0.455 bits per heavy atom. The molecule has 2 aromatic rings. The number of amides is 4. The van der Waals surface area contributed by atoms with Crippen LogP contribution in [0.3, 0.4) is 0 Å². The van der Waals surface area contributed by atoms with Crippen molar-refractivity contribution in [2.24, 2.45) is 0 Å². The van der Waals surface area contributed by atoms with Gasteiger partial charge in [0.15, 0.2) is 43.1 Å². The number of benzene rings is 2. The van der Waals surface area contributed by atoms with Crippen LogP contribution in [0.2, 0.25) is 0 Å². The van der Waals surface area contributed by atoms with Crippen LogP contribution in [0, 0.1) is 0 Å². The van der Waals surface area contributed by atoms with E-state index in [4.69, 9.17) is 75.8 Å². The van der Waals surface area contributed by atoms with E-state index in [2.05, 4.69) is 21.3 Å². The predicted octanol–water partition coefficient (Wildman–Crippen LogP) is -0.294. The van der Waals surface area contributed by atoms with E-state index >= 15 is 0 Å². The normalized spacial score (nSPS) is 21.2. The van der Waals surface area contributed by atoms with E-state index < -0.39 is 147 Å². The Labute approximate surface area is 505 Å². The van der Waals surface area contributed by atoms with E-state index in [0.717, 1.165) is 54.0 Å². The molecule has 5 N–H and O–H groups in total. The van der Waals surface area contributed by atoms with Crippen LogP contribution >= 0.6 is 0 Å². The number of ether oxygens (including phenoxy) is 16. The van der Waals surface area contributed by atoms with Gasteiger partial charge in [0.1, 0.15) is 44.7 Å². The monoisotopic (exact) mass is 1250 g/mol.